The van der Waals surface area contributed by atoms with Crippen molar-refractivity contribution in [3.8, 4) is 46.1 Å². The first-order chi connectivity index (χ1) is 14.1. The molecule has 0 N–H and O–H groups in total. The summed E-state index contributed by atoms with van der Waals surface area (Å²) in [5.74, 6) is 1.99. The van der Waals surface area contributed by atoms with Crippen LogP contribution >= 0.6 is 15.9 Å². The van der Waals surface area contributed by atoms with Gasteiger partial charge < -0.3 is 23.7 Å². The van der Waals surface area contributed by atoms with Crippen molar-refractivity contribution in [1.29, 1.82) is 0 Å². The highest BCUT2D eigenvalue weighted by Gasteiger charge is 2.19. The van der Waals surface area contributed by atoms with Gasteiger partial charge in [-0.3, -0.25) is 4.79 Å². The smallest absolute Gasteiger partial charge is 0.328 e. The minimum absolute atomic E-state index is 0.0205. The highest BCUT2D eigenvalue weighted by atomic mass is 79.9. The highest BCUT2D eigenvalue weighted by molar-refractivity contribution is 9.10. The Kier molecular flexibility index (Phi) is 5.22. The van der Waals surface area contributed by atoms with Crippen molar-refractivity contribution in [2.75, 3.05) is 21.0 Å². The largest absolute Gasteiger partial charge is 0.480 e. The van der Waals surface area contributed by atoms with E-state index < -0.39 is 0 Å². The average Bonchev–Trinajstić information content (AvgIpc) is 3.22. The van der Waals surface area contributed by atoms with Crippen molar-refractivity contribution >= 4 is 22.2 Å². The van der Waals surface area contributed by atoms with Crippen molar-refractivity contribution in [3.63, 3.8) is 0 Å². The summed E-state index contributed by atoms with van der Waals surface area (Å²) in [6, 6.07) is 11.2. The zero-order valence-electron chi connectivity index (χ0n) is 15.5. The van der Waals surface area contributed by atoms with Crippen molar-refractivity contribution in [2.45, 2.75) is 0 Å². The van der Waals surface area contributed by atoms with Gasteiger partial charge in [0.25, 0.3) is 0 Å². The minimum Gasteiger partial charge on any atom is -0.480 e. The molecule has 1 aliphatic rings. The first-order valence-corrected chi connectivity index (χ1v) is 9.25. The van der Waals surface area contributed by atoms with Crippen molar-refractivity contribution < 1.29 is 28.5 Å². The number of fused-ring (bicyclic) bond motifs is 1. The number of benzene rings is 2. The lowest BCUT2D eigenvalue weighted by atomic mass is 10.0. The van der Waals surface area contributed by atoms with E-state index in [0.29, 0.717) is 28.0 Å². The van der Waals surface area contributed by atoms with Gasteiger partial charge in [0.15, 0.2) is 17.8 Å². The molecular weight excluding hydrogens is 444 g/mol. The first-order valence-electron chi connectivity index (χ1n) is 8.46. The molecule has 3 aromatic rings. The lowest BCUT2D eigenvalue weighted by molar-refractivity contribution is 0.111. The van der Waals surface area contributed by atoms with Gasteiger partial charge in [-0.15, -0.1) is 0 Å². The van der Waals surface area contributed by atoms with Crippen LogP contribution in [0.2, 0.25) is 0 Å². The van der Waals surface area contributed by atoms with Gasteiger partial charge in [0.2, 0.25) is 18.6 Å². The summed E-state index contributed by atoms with van der Waals surface area (Å²) in [6.45, 7) is 0.209. The predicted molar refractivity (Wildman–Crippen MR) is 106 cm³/mol. The highest BCUT2D eigenvalue weighted by Crippen LogP contribution is 2.41. The molecule has 0 fully saturated rings. The Balaban J connectivity index is 1.71. The Bertz CT molecular complexity index is 1060. The van der Waals surface area contributed by atoms with Crippen LogP contribution in [0.3, 0.4) is 0 Å². The van der Waals surface area contributed by atoms with Gasteiger partial charge in [0, 0.05) is 0 Å². The third-order valence-corrected chi connectivity index (χ3v) is 5.03. The maximum absolute atomic E-state index is 11.3. The Labute approximate surface area is 174 Å². The van der Waals surface area contributed by atoms with Crippen LogP contribution in [0.15, 0.2) is 40.9 Å². The summed E-state index contributed by atoms with van der Waals surface area (Å²) in [5, 5.41) is 0. The molecule has 0 atom stereocenters. The molecule has 0 unspecified atom stereocenters. The Morgan fingerprint density at radius 1 is 1.03 bits per heavy atom. The Morgan fingerprint density at radius 2 is 1.76 bits per heavy atom. The topological polar surface area (TPSA) is 89.0 Å². The van der Waals surface area contributed by atoms with Crippen LogP contribution in [0.5, 0.6) is 35.0 Å². The van der Waals surface area contributed by atoms with Crippen molar-refractivity contribution in [1.82, 2.24) is 9.97 Å². The summed E-state index contributed by atoms with van der Waals surface area (Å²) in [6.07, 6.45) is 0.567. The fourth-order valence-corrected chi connectivity index (χ4v) is 3.42. The molecule has 0 saturated heterocycles. The number of hydrogen-bond acceptors (Lipinski definition) is 8. The summed E-state index contributed by atoms with van der Waals surface area (Å²) in [7, 11) is 2.80. The number of rotatable bonds is 6. The van der Waals surface area contributed by atoms with Crippen LogP contribution in [0.25, 0.3) is 11.1 Å². The molecule has 9 heteroatoms. The lowest BCUT2D eigenvalue weighted by Gasteiger charge is -2.13. The second kappa shape index (κ2) is 7.96. The van der Waals surface area contributed by atoms with E-state index in [4.69, 9.17) is 23.7 Å². The van der Waals surface area contributed by atoms with Crippen LogP contribution in [0, 0.1) is 0 Å². The Hall–Kier alpha value is -3.33. The van der Waals surface area contributed by atoms with E-state index in [2.05, 4.69) is 25.9 Å². The normalized spacial score (nSPS) is 11.8. The monoisotopic (exact) mass is 458 g/mol. The molecule has 0 spiro atoms. The number of hydrogen-bond donors (Lipinski definition) is 0. The van der Waals surface area contributed by atoms with E-state index in [-0.39, 0.29) is 30.1 Å². The van der Waals surface area contributed by atoms with Gasteiger partial charge in [-0.1, -0.05) is 18.2 Å². The average molecular weight is 459 g/mol. The number of aldehydes is 1. The molecule has 1 aromatic heterocycles. The number of ether oxygens (including phenoxy) is 5. The number of nitrogens with zero attached hydrogens (tertiary/aromatic N) is 2. The molecule has 1 aliphatic heterocycles. The number of aromatic nitrogens is 2. The van der Waals surface area contributed by atoms with E-state index in [9.17, 15) is 4.79 Å². The van der Waals surface area contributed by atoms with E-state index in [1.54, 1.807) is 6.07 Å². The molecule has 2 aromatic carbocycles. The SMILES string of the molecule is COc1nc(Oc2cccc(-c3ccc4c(c3)OCO4)c2Br)nc(OC)c1C=O. The number of methoxy groups -OCH3 is 2. The summed E-state index contributed by atoms with van der Waals surface area (Å²) < 4.78 is 27.6. The summed E-state index contributed by atoms with van der Waals surface area (Å²) in [5.41, 5.74) is 1.90. The molecule has 2 heterocycles. The maximum atomic E-state index is 11.3. The third-order valence-electron chi connectivity index (χ3n) is 4.21. The fraction of sp³-hybridized carbons (Fsp3) is 0.150. The maximum Gasteiger partial charge on any atom is 0.328 e. The van der Waals surface area contributed by atoms with Gasteiger partial charge >= 0.3 is 6.01 Å². The van der Waals surface area contributed by atoms with Gasteiger partial charge in [-0.05, 0) is 45.3 Å². The fourth-order valence-electron chi connectivity index (χ4n) is 2.84. The van der Waals surface area contributed by atoms with Crippen LogP contribution < -0.4 is 23.7 Å². The molecule has 29 heavy (non-hydrogen) atoms. The zero-order chi connectivity index (χ0) is 20.4. The molecule has 0 aliphatic carbocycles. The second-order valence-corrected chi connectivity index (χ2v) is 6.64. The standard InChI is InChI=1S/C20H15BrN2O6/c1-25-18-13(9-24)19(26-2)23-20(22-18)29-15-5-3-4-12(17(15)21)11-6-7-14-16(8-11)28-10-27-14/h3-9H,10H2,1-2H3. The molecule has 0 radical (unpaired) electrons. The molecule has 148 valence electrons. The zero-order valence-corrected chi connectivity index (χ0v) is 17.1. The molecule has 8 nitrogen and oxygen atoms in total. The quantitative estimate of drug-likeness (QED) is 0.506. The van der Waals surface area contributed by atoms with Crippen LogP contribution in [0.4, 0.5) is 0 Å². The molecule has 4 rings (SSSR count). The number of carbonyl (C=O) groups excluding carboxylic acids is 1. The van der Waals surface area contributed by atoms with E-state index >= 15 is 0 Å². The van der Waals surface area contributed by atoms with Gasteiger partial charge in [-0.2, -0.15) is 9.97 Å². The molecule has 0 saturated carbocycles. The Morgan fingerprint density at radius 3 is 2.45 bits per heavy atom. The first kappa shape index (κ1) is 19.0. The van der Waals surface area contributed by atoms with E-state index in [1.165, 1.54) is 14.2 Å². The summed E-state index contributed by atoms with van der Waals surface area (Å²) >= 11 is 3.58. The lowest BCUT2D eigenvalue weighted by Crippen LogP contribution is -2.03. The van der Waals surface area contributed by atoms with Crippen LogP contribution in [-0.4, -0.2) is 37.3 Å². The van der Waals surface area contributed by atoms with Gasteiger partial charge in [0.05, 0.1) is 18.7 Å². The van der Waals surface area contributed by atoms with E-state index in [0.717, 1.165) is 11.1 Å². The van der Waals surface area contributed by atoms with E-state index in [1.807, 2.05) is 30.3 Å². The summed E-state index contributed by atoms with van der Waals surface area (Å²) in [4.78, 5) is 19.5. The van der Waals surface area contributed by atoms with Crippen LogP contribution in [-0.2, 0) is 0 Å². The number of halogens is 1. The predicted octanol–water partition coefficient (Wildman–Crippen LogP) is 4.26. The van der Waals surface area contributed by atoms with Crippen molar-refractivity contribution in [3.05, 3.63) is 46.4 Å². The van der Waals surface area contributed by atoms with Crippen LogP contribution in [0.1, 0.15) is 10.4 Å². The van der Waals surface area contributed by atoms with Crippen molar-refractivity contribution in [2.24, 2.45) is 0 Å². The van der Waals surface area contributed by atoms with Gasteiger partial charge in [0.1, 0.15) is 11.3 Å². The minimum atomic E-state index is -0.0205. The third kappa shape index (κ3) is 3.56. The number of carbonyl (C=O) groups is 1. The molecular formula is C20H15BrN2O6. The van der Waals surface area contributed by atoms with Gasteiger partial charge in [-0.25, -0.2) is 0 Å². The molecule has 0 amide bonds. The molecule has 0 bridgehead atoms. The second-order valence-electron chi connectivity index (χ2n) is 5.84.